The molecule has 0 aliphatic carbocycles. The predicted molar refractivity (Wildman–Crippen MR) is 86.3 cm³/mol. The van der Waals surface area contributed by atoms with Gasteiger partial charge in [0.25, 0.3) is 0 Å². The van der Waals surface area contributed by atoms with Crippen LogP contribution in [0, 0.1) is 0 Å². The first-order chi connectivity index (χ1) is 11.0. The van der Waals surface area contributed by atoms with Crippen LogP contribution in [0.2, 0.25) is 5.02 Å². The number of halogens is 3. The summed E-state index contributed by atoms with van der Waals surface area (Å²) < 4.78 is 29.0. The van der Waals surface area contributed by atoms with E-state index in [0.717, 1.165) is 23.2 Å². The van der Waals surface area contributed by atoms with E-state index in [9.17, 15) is 13.6 Å². The summed E-state index contributed by atoms with van der Waals surface area (Å²) in [5, 5.41) is 3.51. The van der Waals surface area contributed by atoms with Crippen LogP contribution in [0.1, 0.15) is 31.4 Å². The van der Waals surface area contributed by atoms with Gasteiger partial charge in [0, 0.05) is 18.1 Å². The van der Waals surface area contributed by atoms with Crippen molar-refractivity contribution in [3.63, 3.8) is 0 Å². The highest BCUT2D eigenvalue weighted by Crippen LogP contribution is 2.30. The van der Waals surface area contributed by atoms with Crippen LogP contribution >= 0.6 is 11.6 Å². The molecule has 1 atom stereocenters. The summed E-state index contributed by atoms with van der Waals surface area (Å²) in [6, 6.07) is 3.41. The number of hydrogen-bond donors (Lipinski definition) is 1. The molecule has 1 aromatic rings. The minimum absolute atomic E-state index is 0.166. The Bertz CT molecular complexity index is 569. The van der Waals surface area contributed by atoms with Gasteiger partial charge in [-0.3, -0.25) is 0 Å². The van der Waals surface area contributed by atoms with E-state index in [1.54, 1.807) is 0 Å². The molecule has 1 heterocycles. The molecule has 128 valence electrons. The number of urea groups is 1. The molecule has 0 unspecified atom stereocenters. The highest BCUT2D eigenvalue weighted by molar-refractivity contribution is 6.31. The minimum atomic E-state index is -2.81. The van der Waals surface area contributed by atoms with Gasteiger partial charge in [-0.1, -0.05) is 31.5 Å². The lowest BCUT2D eigenvalue weighted by Gasteiger charge is -2.21. The summed E-state index contributed by atoms with van der Waals surface area (Å²) in [6.45, 7) is 1.72. The number of anilines is 1. The van der Waals surface area contributed by atoms with Crippen LogP contribution < -0.4 is 5.32 Å². The van der Waals surface area contributed by atoms with Crippen molar-refractivity contribution in [1.82, 2.24) is 4.90 Å². The van der Waals surface area contributed by atoms with Gasteiger partial charge >= 0.3 is 12.6 Å². The number of ether oxygens (including phenoxy) is 1. The molecule has 2 rings (SSSR count). The lowest BCUT2D eigenvalue weighted by Crippen LogP contribution is -2.34. The number of rotatable bonds is 5. The van der Waals surface area contributed by atoms with Crippen LogP contribution in [-0.2, 0) is 17.6 Å². The van der Waals surface area contributed by atoms with E-state index in [0.29, 0.717) is 24.4 Å². The van der Waals surface area contributed by atoms with Gasteiger partial charge in [-0.25, -0.2) is 4.79 Å². The molecule has 0 radical (unpaired) electrons. The predicted octanol–water partition coefficient (Wildman–Crippen LogP) is 4.31. The number of alkyl halides is 2. The zero-order chi connectivity index (χ0) is 17.0. The van der Waals surface area contributed by atoms with E-state index in [4.69, 9.17) is 11.6 Å². The van der Waals surface area contributed by atoms with Crippen molar-refractivity contribution in [3.8, 4) is 0 Å². The van der Waals surface area contributed by atoms with Crippen LogP contribution in [0.5, 0.6) is 0 Å². The van der Waals surface area contributed by atoms with Gasteiger partial charge in [0.1, 0.15) is 0 Å². The minimum Gasteiger partial charge on any atom is -0.322 e. The molecule has 1 N–H and O–H groups in total. The first kappa shape index (κ1) is 17.9. The van der Waals surface area contributed by atoms with E-state index >= 15 is 0 Å². The van der Waals surface area contributed by atoms with E-state index in [-0.39, 0.29) is 12.6 Å². The monoisotopic (exact) mass is 346 g/mol. The maximum atomic E-state index is 12.4. The van der Waals surface area contributed by atoms with Crippen molar-refractivity contribution in [3.05, 3.63) is 28.3 Å². The van der Waals surface area contributed by atoms with Crippen LogP contribution in [0.3, 0.4) is 0 Å². The molecule has 0 aromatic heterocycles. The van der Waals surface area contributed by atoms with Gasteiger partial charge in [0.2, 0.25) is 0 Å². The van der Waals surface area contributed by atoms with E-state index < -0.39 is 12.7 Å². The number of amides is 2. The number of carbonyl (C=O) groups excluding carboxylic acids is 1. The van der Waals surface area contributed by atoms with Crippen molar-refractivity contribution >= 4 is 23.3 Å². The fraction of sp³-hybridized carbons (Fsp3) is 0.562. The summed E-state index contributed by atoms with van der Waals surface area (Å²) in [5.74, 6) is 0. The molecule has 2 amide bonds. The Kier molecular flexibility index (Phi) is 6.18. The molecule has 0 saturated carbocycles. The molecule has 1 fully saturated rings. The fourth-order valence-corrected chi connectivity index (χ4v) is 3.11. The quantitative estimate of drug-likeness (QED) is 0.863. The van der Waals surface area contributed by atoms with Gasteiger partial charge in [-0.05, 0) is 36.5 Å². The van der Waals surface area contributed by atoms with Crippen molar-refractivity contribution < 1.29 is 18.3 Å². The molecular weight excluding hydrogens is 326 g/mol. The van der Waals surface area contributed by atoms with Gasteiger partial charge in [0.15, 0.2) is 0 Å². The van der Waals surface area contributed by atoms with Crippen LogP contribution in [-0.4, -0.2) is 36.7 Å². The number of likely N-dealkylation sites (tertiary alicyclic amines) is 1. The third kappa shape index (κ3) is 4.32. The van der Waals surface area contributed by atoms with Crippen LogP contribution in [0.15, 0.2) is 12.1 Å². The second-order valence-electron chi connectivity index (χ2n) is 5.45. The summed E-state index contributed by atoms with van der Waals surface area (Å²) in [6.07, 6.45) is 1.25. The zero-order valence-electron chi connectivity index (χ0n) is 13.2. The lowest BCUT2D eigenvalue weighted by atomic mass is 10.0. The Morgan fingerprint density at radius 2 is 2.17 bits per heavy atom. The highest BCUT2D eigenvalue weighted by Gasteiger charge is 2.29. The number of benzene rings is 1. The Morgan fingerprint density at radius 1 is 1.43 bits per heavy atom. The SMILES string of the molecule is CCc1ccc(Cl)c(CC)c1NC(=O)N1CC[C@H](OC(F)F)C1. The Balaban J connectivity index is 2.10. The first-order valence-corrected chi connectivity index (χ1v) is 8.13. The second-order valence-corrected chi connectivity index (χ2v) is 5.86. The van der Waals surface area contributed by atoms with Gasteiger partial charge in [-0.2, -0.15) is 8.78 Å². The number of aryl methyl sites for hydroxylation is 1. The molecule has 0 bridgehead atoms. The molecule has 7 heteroatoms. The number of hydrogen-bond acceptors (Lipinski definition) is 2. The summed E-state index contributed by atoms with van der Waals surface area (Å²) in [4.78, 5) is 13.9. The van der Waals surface area contributed by atoms with E-state index in [1.165, 1.54) is 4.90 Å². The number of nitrogens with zero attached hydrogens (tertiary/aromatic N) is 1. The van der Waals surface area contributed by atoms with Crippen LogP contribution in [0.25, 0.3) is 0 Å². The maximum absolute atomic E-state index is 12.4. The topological polar surface area (TPSA) is 41.6 Å². The third-order valence-electron chi connectivity index (χ3n) is 4.04. The summed E-state index contributed by atoms with van der Waals surface area (Å²) in [5.41, 5.74) is 2.61. The lowest BCUT2D eigenvalue weighted by molar-refractivity contribution is -0.158. The summed E-state index contributed by atoms with van der Waals surface area (Å²) >= 11 is 6.21. The van der Waals surface area contributed by atoms with Gasteiger partial charge in [0.05, 0.1) is 11.8 Å². The normalized spacial score (nSPS) is 17.8. The van der Waals surface area contributed by atoms with E-state index in [2.05, 4.69) is 10.1 Å². The molecule has 23 heavy (non-hydrogen) atoms. The fourth-order valence-electron chi connectivity index (χ4n) is 2.82. The average Bonchev–Trinajstić information content (AvgIpc) is 2.95. The molecule has 4 nitrogen and oxygen atoms in total. The van der Waals surface area contributed by atoms with Crippen molar-refractivity contribution in [2.24, 2.45) is 0 Å². The van der Waals surface area contributed by atoms with E-state index in [1.807, 2.05) is 26.0 Å². The average molecular weight is 347 g/mol. The van der Waals surface area contributed by atoms with Crippen LogP contribution in [0.4, 0.5) is 19.3 Å². The summed E-state index contributed by atoms with van der Waals surface area (Å²) in [7, 11) is 0. The van der Waals surface area contributed by atoms with Crippen molar-refractivity contribution in [2.45, 2.75) is 45.8 Å². The largest absolute Gasteiger partial charge is 0.345 e. The Labute approximate surface area is 139 Å². The molecular formula is C16H21ClF2N2O2. The molecule has 1 aliphatic heterocycles. The molecule has 1 aliphatic rings. The highest BCUT2D eigenvalue weighted by atomic mass is 35.5. The standard InChI is InChI=1S/C16H21ClF2N2O2/c1-3-10-5-6-13(17)12(4-2)14(10)20-16(22)21-8-7-11(9-21)23-15(18)19/h5-6,11,15H,3-4,7-9H2,1-2H3,(H,20,22)/t11-/m0/s1. The maximum Gasteiger partial charge on any atom is 0.345 e. The van der Waals surface area contributed by atoms with Gasteiger partial charge in [-0.15, -0.1) is 0 Å². The first-order valence-electron chi connectivity index (χ1n) is 7.76. The van der Waals surface area contributed by atoms with Crippen molar-refractivity contribution in [1.29, 1.82) is 0 Å². The number of carbonyl (C=O) groups is 1. The zero-order valence-corrected chi connectivity index (χ0v) is 14.0. The third-order valence-corrected chi connectivity index (χ3v) is 4.39. The molecule has 1 saturated heterocycles. The second kappa shape index (κ2) is 7.93. The smallest absolute Gasteiger partial charge is 0.322 e. The van der Waals surface area contributed by atoms with Crippen molar-refractivity contribution in [2.75, 3.05) is 18.4 Å². The Morgan fingerprint density at radius 3 is 2.78 bits per heavy atom. The molecule has 1 aromatic carbocycles. The van der Waals surface area contributed by atoms with Gasteiger partial charge < -0.3 is 15.0 Å². The molecule has 0 spiro atoms. The number of nitrogens with one attached hydrogen (secondary N) is 1. The Hall–Kier alpha value is -1.40.